The van der Waals surface area contributed by atoms with Crippen molar-refractivity contribution in [2.75, 3.05) is 5.32 Å². The maximum absolute atomic E-state index is 12.3. The monoisotopic (exact) mass is 264 g/mol. The molecule has 4 heteroatoms. The second-order valence-electron chi connectivity index (χ2n) is 4.35. The molecule has 2 N–H and O–H groups in total. The van der Waals surface area contributed by atoms with E-state index in [1.165, 1.54) is 6.07 Å². The van der Waals surface area contributed by atoms with Crippen LogP contribution in [0.25, 0.3) is 10.9 Å². The first-order valence-corrected chi connectivity index (χ1v) is 6.19. The number of para-hydroxylation sites is 3. The molecule has 1 heterocycles. The van der Waals surface area contributed by atoms with Gasteiger partial charge in [0.15, 0.2) is 0 Å². The lowest BCUT2D eigenvalue weighted by molar-refractivity contribution is 0.102. The van der Waals surface area contributed by atoms with Crippen molar-refractivity contribution in [1.82, 2.24) is 4.98 Å². The SMILES string of the molecule is O=C(Nc1ccccc1O)c1cccc2cccnc12. The van der Waals surface area contributed by atoms with Crippen molar-refractivity contribution in [3.63, 3.8) is 0 Å². The molecule has 1 amide bonds. The summed E-state index contributed by atoms with van der Waals surface area (Å²) in [6.45, 7) is 0. The number of carbonyl (C=O) groups excluding carboxylic acids is 1. The van der Waals surface area contributed by atoms with E-state index in [0.29, 0.717) is 16.8 Å². The van der Waals surface area contributed by atoms with Gasteiger partial charge in [0, 0.05) is 11.6 Å². The van der Waals surface area contributed by atoms with Crippen molar-refractivity contribution in [3.05, 3.63) is 66.4 Å². The number of anilines is 1. The fourth-order valence-corrected chi connectivity index (χ4v) is 2.06. The van der Waals surface area contributed by atoms with E-state index in [-0.39, 0.29) is 11.7 Å². The Morgan fingerprint density at radius 2 is 1.80 bits per heavy atom. The lowest BCUT2D eigenvalue weighted by Crippen LogP contribution is -2.12. The molecule has 0 saturated heterocycles. The van der Waals surface area contributed by atoms with Gasteiger partial charge in [0.2, 0.25) is 0 Å². The maximum atomic E-state index is 12.3. The maximum Gasteiger partial charge on any atom is 0.257 e. The van der Waals surface area contributed by atoms with Gasteiger partial charge in [-0.2, -0.15) is 0 Å². The number of phenolic OH excluding ortho intramolecular Hbond substituents is 1. The van der Waals surface area contributed by atoms with Gasteiger partial charge in [0.1, 0.15) is 5.75 Å². The minimum atomic E-state index is -0.296. The zero-order valence-corrected chi connectivity index (χ0v) is 10.6. The van der Waals surface area contributed by atoms with E-state index < -0.39 is 0 Å². The molecular weight excluding hydrogens is 252 g/mol. The van der Waals surface area contributed by atoms with Gasteiger partial charge >= 0.3 is 0 Å². The Labute approximate surface area is 115 Å². The summed E-state index contributed by atoms with van der Waals surface area (Å²) in [7, 11) is 0. The van der Waals surface area contributed by atoms with E-state index >= 15 is 0 Å². The van der Waals surface area contributed by atoms with Gasteiger partial charge in [0.25, 0.3) is 5.91 Å². The largest absolute Gasteiger partial charge is 0.506 e. The van der Waals surface area contributed by atoms with Crippen LogP contribution in [-0.4, -0.2) is 16.0 Å². The van der Waals surface area contributed by atoms with Gasteiger partial charge < -0.3 is 10.4 Å². The first-order valence-electron chi connectivity index (χ1n) is 6.19. The van der Waals surface area contributed by atoms with Gasteiger partial charge in [-0.05, 0) is 24.3 Å². The summed E-state index contributed by atoms with van der Waals surface area (Å²) >= 11 is 0. The van der Waals surface area contributed by atoms with Crippen molar-refractivity contribution in [3.8, 4) is 5.75 Å². The number of hydrogen-bond donors (Lipinski definition) is 2. The van der Waals surface area contributed by atoms with Crippen LogP contribution in [0.3, 0.4) is 0 Å². The fraction of sp³-hybridized carbons (Fsp3) is 0. The molecule has 0 aliphatic heterocycles. The minimum Gasteiger partial charge on any atom is -0.506 e. The van der Waals surface area contributed by atoms with Gasteiger partial charge in [-0.15, -0.1) is 0 Å². The molecule has 1 aromatic heterocycles. The highest BCUT2D eigenvalue weighted by Crippen LogP contribution is 2.23. The third-order valence-corrected chi connectivity index (χ3v) is 3.03. The van der Waals surface area contributed by atoms with Crippen LogP contribution in [0.4, 0.5) is 5.69 Å². The molecule has 0 spiro atoms. The fourth-order valence-electron chi connectivity index (χ4n) is 2.06. The van der Waals surface area contributed by atoms with Crippen LogP contribution in [0.1, 0.15) is 10.4 Å². The molecule has 20 heavy (non-hydrogen) atoms. The molecule has 3 rings (SSSR count). The molecule has 0 atom stereocenters. The second kappa shape index (κ2) is 5.01. The average molecular weight is 264 g/mol. The number of rotatable bonds is 2. The molecular formula is C16H12N2O2. The van der Waals surface area contributed by atoms with Gasteiger partial charge in [-0.3, -0.25) is 9.78 Å². The molecule has 0 aliphatic carbocycles. The van der Waals surface area contributed by atoms with E-state index in [4.69, 9.17) is 0 Å². The number of amides is 1. The number of nitrogens with zero attached hydrogens (tertiary/aromatic N) is 1. The summed E-state index contributed by atoms with van der Waals surface area (Å²) < 4.78 is 0. The van der Waals surface area contributed by atoms with Crippen LogP contribution in [-0.2, 0) is 0 Å². The van der Waals surface area contributed by atoms with E-state index in [0.717, 1.165) is 5.39 Å². The summed E-state index contributed by atoms with van der Waals surface area (Å²) in [5.74, 6) is -0.259. The topological polar surface area (TPSA) is 62.2 Å². The Hall–Kier alpha value is -2.88. The third kappa shape index (κ3) is 2.19. The second-order valence-corrected chi connectivity index (χ2v) is 4.35. The Morgan fingerprint density at radius 1 is 1.00 bits per heavy atom. The lowest BCUT2D eigenvalue weighted by Gasteiger charge is -2.08. The van der Waals surface area contributed by atoms with Gasteiger partial charge in [-0.1, -0.05) is 30.3 Å². The van der Waals surface area contributed by atoms with Crippen molar-refractivity contribution in [1.29, 1.82) is 0 Å². The standard InChI is InChI=1S/C16H12N2O2/c19-14-9-2-1-8-13(14)18-16(20)12-7-3-5-11-6-4-10-17-15(11)12/h1-10,19H,(H,18,20). The van der Waals surface area contributed by atoms with Crippen molar-refractivity contribution in [2.45, 2.75) is 0 Å². The minimum absolute atomic E-state index is 0.0362. The van der Waals surface area contributed by atoms with Crippen LogP contribution >= 0.6 is 0 Å². The van der Waals surface area contributed by atoms with Crippen LogP contribution in [0.5, 0.6) is 5.75 Å². The van der Waals surface area contributed by atoms with E-state index in [9.17, 15) is 9.90 Å². The highest BCUT2D eigenvalue weighted by Gasteiger charge is 2.12. The average Bonchev–Trinajstić information content (AvgIpc) is 2.49. The first kappa shape index (κ1) is 12.2. The van der Waals surface area contributed by atoms with Crippen LogP contribution in [0.2, 0.25) is 0 Å². The third-order valence-electron chi connectivity index (χ3n) is 3.03. The number of aromatic hydroxyl groups is 1. The molecule has 98 valence electrons. The molecule has 4 nitrogen and oxygen atoms in total. The molecule has 0 aliphatic rings. The lowest BCUT2D eigenvalue weighted by atomic mass is 10.1. The van der Waals surface area contributed by atoms with Crippen LogP contribution in [0, 0.1) is 0 Å². The summed E-state index contributed by atoms with van der Waals surface area (Å²) in [6, 6.07) is 15.8. The zero-order chi connectivity index (χ0) is 13.9. The van der Waals surface area contributed by atoms with E-state index in [1.807, 2.05) is 24.3 Å². The van der Waals surface area contributed by atoms with Crippen molar-refractivity contribution < 1.29 is 9.90 Å². The molecule has 0 radical (unpaired) electrons. The molecule has 3 aromatic rings. The van der Waals surface area contributed by atoms with Crippen molar-refractivity contribution >= 4 is 22.5 Å². The molecule has 0 unspecified atom stereocenters. The highest BCUT2D eigenvalue weighted by molar-refractivity contribution is 6.12. The Bertz CT molecular complexity index is 779. The Balaban J connectivity index is 1.99. The summed E-state index contributed by atoms with van der Waals surface area (Å²) in [4.78, 5) is 16.6. The van der Waals surface area contributed by atoms with Crippen LogP contribution in [0.15, 0.2) is 60.8 Å². The Morgan fingerprint density at radius 3 is 2.65 bits per heavy atom. The predicted octanol–water partition coefficient (Wildman–Crippen LogP) is 3.19. The first-order chi connectivity index (χ1) is 9.75. The molecule has 0 bridgehead atoms. The summed E-state index contributed by atoms with van der Waals surface area (Å²) in [5.41, 5.74) is 1.50. The van der Waals surface area contributed by atoms with E-state index in [1.54, 1.807) is 30.5 Å². The number of benzene rings is 2. The number of phenols is 1. The van der Waals surface area contributed by atoms with Crippen molar-refractivity contribution in [2.24, 2.45) is 0 Å². The summed E-state index contributed by atoms with van der Waals surface area (Å²) in [5, 5.41) is 13.3. The molecule has 0 fully saturated rings. The normalized spacial score (nSPS) is 10.4. The quantitative estimate of drug-likeness (QED) is 0.699. The number of pyridine rings is 1. The number of aromatic nitrogens is 1. The highest BCUT2D eigenvalue weighted by atomic mass is 16.3. The number of fused-ring (bicyclic) bond motifs is 1. The zero-order valence-electron chi connectivity index (χ0n) is 10.6. The van der Waals surface area contributed by atoms with Gasteiger partial charge in [0.05, 0.1) is 16.8 Å². The number of hydrogen-bond acceptors (Lipinski definition) is 3. The predicted molar refractivity (Wildman–Crippen MR) is 77.8 cm³/mol. The van der Waals surface area contributed by atoms with Gasteiger partial charge in [-0.25, -0.2) is 0 Å². The molecule has 0 saturated carbocycles. The summed E-state index contributed by atoms with van der Waals surface area (Å²) in [6.07, 6.45) is 1.65. The van der Waals surface area contributed by atoms with Crippen LogP contribution < -0.4 is 5.32 Å². The molecule has 2 aromatic carbocycles. The smallest absolute Gasteiger partial charge is 0.257 e. The Kier molecular flexibility index (Phi) is 3.05. The van der Waals surface area contributed by atoms with E-state index in [2.05, 4.69) is 10.3 Å². The number of carbonyl (C=O) groups is 1. The number of nitrogens with one attached hydrogen (secondary N) is 1.